The molecule has 0 spiro atoms. The Morgan fingerprint density at radius 3 is 2.89 bits per heavy atom. The van der Waals surface area contributed by atoms with Gasteiger partial charge in [-0.25, -0.2) is 4.39 Å². The van der Waals surface area contributed by atoms with Crippen molar-refractivity contribution in [2.75, 3.05) is 5.32 Å². The van der Waals surface area contributed by atoms with Crippen LogP contribution in [0.4, 0.5) is 10.1 Å². The zero-order valence-corrected chi connectivity index (χ0v) is 11.1. The molecule has 2 aromatic rings. The molecule has 2 rings (SSSR count). The quantitative estimate of drug-likeness (QED) is 0.920. The fraction of sp³-hybridized carbons (Fsp3) is 0.308. The minimum atomic E-state index is -0.343. The van der Waals surface area contributed by atoms with Gasteiger partial charge in [-0.15, -0.1) is 0 Å². The molecule has 5 heteroatoms. The van der Waals surface area contributed by atoms with Crippen LogP contribution in [0, 0.1) is 5.82 Å². The Kier molecular flexibility index (Phi) is 3.87. The molecule has 3 nitrogen and oxygen atoms in total. The minimum absolute atomic E-state index is 0.343. The third-order valence-electron chi connectivity index (χ3n) is 2.73. The molecule has 0 unspecified atom stereocenters. The van der Waals surface area contributed by atoms with Crippen molar-refractivity contribution < 1.29 is 4.39 Å². The van der Waals surface area contributed by atoms with Gasteiger partial charge in [-0.2, -0.15) is 5.10 Å². The summed E-state index contributed by atoms with van der Waals surface area (Å²) in [5.74, 6) is -0.343. The molecule has 1 N–H and O–H groups in total. The van der Waals surface area contributed by atoms with Crippen molar-refractivity contribution in [3.8, 4) is 0 Å². The van der Waals surface area contributed by atoms with Crippen LogP contribution in [0.2, 0.25) is 5.02 Å². The molecule has 1 aromatic carbocycles. The SMILES string of the molecule is CCc1nn(C)cc1CNc1ccc(Cl)cc1F. The topological polar surface area (TPSA) is 29.9 Å². The number of rotatable bonds is 4. The summed E-state index contributed by atoms with van der Waals surface area (Å²) in [6, 6.07) is 4.60. The van der Waals surface area contributed by atoms with E-state index in [0.717, 1.165) is 17.7 Å². The van der Waals surface area contributed by atoms with Crippen molar-refractivity contribution in [1.82, 2.24) is 9.78 Å². The monoisotopic (exact) mass is 267 g/mol. The number of nitrogens with zero attached hydrogens (tertiary/aromatic N) is 2. The van der Waals surface area contributed by atoms with E-state index in [-0.39, 0.29) is 5.82 Å². The predicted octanol–water partition coefficient (Wildman–Crippen LogP) is 3.39. The van der Waals surface area contributed by atoms with Gasteiger partial charge in [0.05, 0.1) is 11.4 Å². The molecule has 0 aliphatic carbocycles. The van der Waals surface area contributed by atoms with Crippen LogP contribution in [0.1, 0.15) is 18.2 Å². The first-order valence-corrected chi connectivity index (χ1v) is 6.18. The second-order valence-corrected chi connectivity index (χ2v) is 4.54. The Morgan fingerprint density at radius 1 is 1.44 bits per heavy atom. The van der Waals surface area contributed by atoms with E-state index in [0.29, 0.717) is 17.3 Å². The summed E-state index contributed by atoms with van der Waals surface area (Å²) in [5, 5.41) is 7.79. The van der Waals surface area contributed by atoms with Gasteiger partial charge in [-0.1, -0.05) is 18.5 Å². The lowest BCUT2D eigenvalue weighted by Gasteiger charge is -2.07. The summed E-state index contributed by atoms with van der Waals surface area (Å²) in [5.41, 5.74) is 2.55. The lowest BCUT2D eigenvalue weighted by atomic mass is 10.2. The van der Waals surface area contributed by atoms with Crippen LogP contribution in [0.3, 0.4) is 0 Å². The van der Waals surface area contributed by atoms with E-state index in [2.05, 4.69) is 17.3 Å². The van der Waals surface area contributed by atoms with Crippen molar-refractivity contribution in [3.05, 3.63) is 46.5 Å². The number of nitrogens with one attached hydrogen (secondary N) is 1. The second kappa shape index (κ2) is 5.40. The average Bonchev–Trinajstić information content (AvgIpc) is 2.68. The first kappa shape index (κ1) is 12.9. The van der Waals surface area contributed by atoms with E-state index in [1.54, 1.807) is 16.8 Å². The van der Waals surface area contributed by atoms with Crippen LogP contribution >= 0.6 is 11.6 Å². The third-order valence-corrected chi connectivity index (χ3v) is 2.96. The summed E-state index contributed by atoms with van der Waals surface area (Å²) in [7, 11) is 1.88. The van der Waals surface area contributed by atoms with Crippen LogP contribution in [0.15, 0.2) is 24.4 Å². The van der Waals surface area contributed by atoms with E-state index in [1.807, 2.05) is 13.2 Å². The second-order valence-electron chi connectivity index (χ2n) is 4.11. The van der Waals surface area contributed by atoms with Crippen LogP contribution in [0.5, 0.6) is 0 Å². The number of aryl methyl sites for hydroxylation is 2. The smallest absolute Gasteiger partial charge is 0.147 e. The van der Waals surface area contributed by atoms with E-state index >= 15 is 0 Å². The van der Waals surface area contributed by atoms with Gasteiger partial charge < -0.3 is 5.32 Å². The summed E-state index contributed by atoms with van der Waals surface area (Å²) < 4.78 is 15.3. The zero-order valence-electron chi connectivity index (χ0n) is 10.4. The molecule has 1 aromatic heterocycles. The lowest BCUT2D eigenvalue weighted by Crippen LogP contribution is -2.02. The Morgan fingerprint density at radius 2 is 2.22 bits per heavy atom. The molecule has 0 atom stereocenters. The molecular weight excluding hydrogens is 253 g/mol. The fourth-order valence-corrected chi connectivity index (χ4v) is 2.01. The minimum Gasteiger partial charge on any atom is -0.378 e. The Hall–Kier alpha value is -1.55. The summed E-state index contributed by atoms with van der Waals surface area (Å²) in [6.45, 7) is 2.60. The highest BCUT2D eigenvalue weighted by molar-refractivity contribution is 6.30. The molecule has 0 aliphatic heterocycles. The van der Waals surface area contributed by atoms with Gasteiger partial charge in [0.1, 0.15) is 5.82 Å². The van der Waals surface area contributed by atoms with Crippen molar-refractivity contribution in [3.63, 3.8) is 0 Å². The molecular formula is C13H15ClFN3. The fourth-order valence-electron chi connectivity index (χ4n) is 1.85. The Balaban J connectivity index is 2.11. The van der Waals surface area contributed by atoms with Crippen LogP contribution in [-0.4, -0.2) is 9.78 Å². The Bertz CT molecular complexity index is 551. The summed E-state index contributed by atoms with van der Waals surface area (Å²) in [4.78, 5) is 0. The highest BCUT2D eigenvalue weighted by Gasteiger charge is 2.07. The van der Waals surface area contributed by atoms with Crippen LogP contribution in [0.25, 0.3) is 0 Å². The van der Waals surface area contributed by atoms with Gasteiger partial charge >= 0.3 is 0 Å². The molecule has 0 amide bonds. The molecule has 0 bridgehead atoms. The van der Waals surface area contributed by atoms with Gasteiger partial charge in [-0.05, 0) is 24.6 Å². The molecule has 0 saturated heterocycles. The van der Waals surface area contributed by atoms with E-state index < -0.39 is 0 Å². The number of anilines is 1. The van der Waals surface area contributed by atoms with Gasteiger partial charge in [0.2, 0.25) is 0 Å². The van der Waals surface area contributed by atoms with Crippen molar-refractivity contribution >= 4 is 17.3 Å². The number of halogens is 2. The molecule has 0 saturated carbocycles. The standard InChI is InChI=1S/C13H15ClFN3/c1-3-12-9(8-18(2)17-12)7-16-13-5-4-10(14)6-11(13)15/h4-6,8,16H,3,7H2,1-2H3. The van der Waals surface area contributed by atoms with E-state index in [4.69, 9.17) is 11.6 Å². The summed E-state index contributed by atoms with van der Waals surface area (Å²) >= 11 is 5.70. The van der Waals surface area contributed by atoms with Gasteiger partial charge in [-0.3, -0.25) is 4.68 Å². The van der Waals surface area contributed by atoms with Crippen LogP contribution < -0.4 is 5.32 Å². The summed E-state index contributed by atoms with van der Waals surface area (Å²) in [6.07, 6.45) is 2.81. The van der Waals surface area contributed by atoms with Crippen molar-refractivity contribution in [1.29, 1.82) is 0 Å². The van der Waals surface area contributed by atoms with Crippen molar-refractivity contribution in [2.45, 2.75) is 19.9 Å². The van der Waals surface area contributed by atoms with Gasteiger partial charge in [0.25, 0.3) is 0 Å². The predicted molar refractivity (Wildman–Crippen MR) is 71.3 cm³/mol. The number of hydrogen-bond donors (Lipinski definition) is 1. The van der Waals surface area contributed by atoms with Crippen LogP contribution in [-0.2, 0) is 20.0 Å². The van der Waals surface area contributed by atoms with Gasteiger partial charge in [0.15, 0.2) is 0 Å². The molecule has 96 valence electrons. The zero-order chi connectivity index (χ0) is 13.1. The molecule has 1 heterocycles. The molecule has 0 aliphatic rings. The highest BCUT2D eigenvalue weighted by Crippen LogP contribution is 2.20. The lowest BCUT2D eigenvalue weighted by molar-refractivity contribution is 0.630. The molecule has 18 heavy (non-hydrogen) atoms. The molecule has 0 radical (unpaired) electrons. The third kappa shape index (κ3) is 2.82. The number of hydrogen-bond acceptors (Lipinski definition) is 2. The van der Waals surface area contributed by atoms with Crippen molar-refractivity contribution in [2.24, 2.45) is 7.05 Å². The highest BCUT2D eigenvalue weighted by atomic mass is 35.5. The molecule has 0 fully saturated rings. The van der Waals surface area contributed by atoms with E-state index in [1.165, 1.54) is 6.07 Å². The maximum atomic E-state index is 13.6. The first-order valence-electron chi connectivity index (χ1n) is 5.80. The van der Waals surface area contributed by atoms with E-state index in [9.17, 15) is 4.39 Å². The maximum absolute atomic E-state index is 13.6. The Labute approximate surface area is 111 Å². The number of benzene rings is 1. The number of aromatic nitrogens is 2. The first-order chi connectivity index (χ1) is 8.60. The largest absolute Gasteiger partial charge is 0.378 e. The normalized spacial score (nSPS) is 10.7. The average molecular weight is 268 g/mol. The maximum Gasteiger partial charge on any atom is 0.147 e. The van der Waals surface area contributed by atoms with Gasteiger partial charge in [0, 0.05) is 30.4 Å².